The molecule has 0 saturated heterocycles. The third kappa shape index (κ3) is 6.02. The molecule has 0 spiro atoms. The molecular weight excluding hydrogens is 146 g/mol. The molecule has 2 unspecified atom stereocenters. The van der Waals surface area contributed by atoms with Crippen LogP contribution in [0.4, 0.5) is 0 Å². The highest BCUT2D eigenvalue weighted by molar-refractivity contribution is 4.92. The van der Waals surface area contributed by atoms with Gasteiger partial charge in [-0.15, -0.1) is 0 Å². The van der Waals surface area contributed by atoms with Crippen molar-refractivity contribution in [2.24, 2.45) is 17.6 Å². The van der Waals surface area contributed by atoms with E-state index in [0.717, 1.165) is 6.42 Å². The lowest BCUT2D eigenvalue weighted by molar-refractivity contribution is 0.683. The second kappa shape index (κ2) is 6.96. The Morgan fingerprint density at radius 1 is 1.17 bits per heavy atom. The monoisotopic (exact) mass is 167 g/mol. The highest BCUT2D eigenvalue weighted by Gasteiger charge is 1.93. The Hall–Kier alpha value is -0.720. The van der Waals surface area contributed by atoms with Crippen LogP contribution < -0.4 is 5.73 Å². The summed E-state index contributed by atoms with van der Waals surface area (Å²) in [5, 5.41) is 0. The van der Waals surface area contributed by atoms with Gasteiger partial charge in [0, 0.05) is 0 Å². The first-order valence-corrected chi connectivity index (χ1v) is 4.75. The SMILES string of the molecule is CCC(C)/C=C/CC(C)/C=C\N. The maximum absolute atomic E-state index is 5.28. The Labute approximate surface area is 76.3 Å². The molecular formula is C11H21N. The van der Waals surface area contributed by atoms with Crippen LogP contribution in [-0.4, -0.2) is 0 Å². The van der Waals surface area contributed by atoms with E-state index in [1.807, 2.05) is 6.08 Å². The largest absolute Gasteiger partial charge is 0.405 e. The van der Waals surface area contributed by atoms with Crippen molar-refractivity contribution >= 4 is 0 Å². The van der Waals surface area contributed by atoms with E-state index < -0.39 is 0 Å². The predicted octanol–water partition coefficient (Wildman–Crippen LogP) is 3.09. The second-order valence-electron chi connectivity index (χ2n) is 3.41. The number of rotatable bonds is 5. The van der Waals surface area contributed by atoms with Crippen molar-refractivity contribution < 1.29 is 0 Å². The zero-order valence-corrected chi connectivity index (χ0v) is 8.46. The van der Waals surface area contributed by atoms with Gasteiger partial charge >= 0.3 is 0 Å². The smallest absolute Gasteiger partial charge is 0.0100 e. The van der Waals surface area contributed by atoms with Crippen LogP contribution in [0.1, 0.15) is 33.6 Å². The average molecular weight is 167 g/mol. The second-order valence-corrected chi connectivity index (χ2v) is 3.41. The first-order chi connectivity index (χ1) is 5.70. The van der Waals surface area contributed by atoms with Crippen LogP contribution in [0.5, 0.6) is 0 Å². The molecule has 0 aromatic carbocycles. The van der Waals surface area contributed by atoms with Crippen LogP contribution in [-0.2, 0) is 0 Å². The van der Waals surface area contributed by atoms with Crippen LogP contribution in [0.3, 0.4) is 0 Å². The summed E-state index contributed by atoms with van der Waals surface area (Å²) in [6.45, 7) is 6.61. The van der Waals surface area contributed by atoms with Gasteiger partial charge in [-0.3, -0.25) is 0 Å². The van der Waals surface area contributed by atoms with E-state index in [0.29, 0.717) is 11.8 Å². The molecule has 0 heterocycles. The molecule has 1 nitrogen and oxygen atoms in total. The van der Waals surface area contributed by atoms with Crippen LogP contribution >= 0.6 is 0 Å². The summed E-state index contributed by atoms with van der Waals surface area (Å²) in [7, 11) is 0. The van der Waals surface area contributed by atoms with Crippen molar-refractivity contribution in [1.82, 2.24) is 0 Å². The average Bonchev–Trinajstić information content (AvgIpc) is 2.04. The third-order valence-electron chi connectivity index (χ3n) is 2.06. The topological polar surface area (TPSA) is 26.0 Å². The van der Waals surface area contributed by atoms with Gasteiger partial charge in [-0.1, -0.05) is 45.4 Å². The minimum absolute atomic E-state index is 0.565. The minimum atomic E-state index is 0.565. The van der Waals surface area contributed by atoms with Gasteiger partial charge in [-0.2, -0.15) is 0 Å². The van der Waals surface area contributed by atoms with E-state index in [1.165, 1.54) is 6.42 Å². The molecule has 0 aliphatic rings. The summed E-state index contributed by atoms with van der Waals surface area (Å²) in [5.41, 5.74) is 5.28. The Bertz CT molecular complexity index is 147. The molecule has 0 radical (unpaired) electrons. The highest BCUT2D eigenvalue weighted by Crippen LogP contribution is 2.07. The molecule has 0 bridgehead atoms. The van der Waals surface area contributed by atoms with Crippen molar-refractivity contribution in [2.45, 2.75) is 33.6 Å². The van der Waals surface area contributed by atoms with E-state index in [1.54, 1.807) is 6.20 Å². The molecule has 12 heavy (non-hydrogen) atoms. The van der Waals surface area contributed by atoms with Gasteiger partial charge in [0.1, 0.15) is 0 Å². The Kier molecular flexibility index (Phi) is 6.54. The summed E-state index contributed by atoms with van der Waals surface area (Å²) in [6.07, 6.45) is 10.5. The van der Waals surface area contributed by atoms with E-state index in [-0.39, 0.29) is 0 Å². The Morgan fingerprint density at radius 3 is 2.33 bits per heavy atom. The Morgan fingerprint density at radius 2 is 1.83 bits per heavy atom. The number of allylic oxidation sites excluding steroid dienone is 3. The summed E-state index contributed by atoms with van der Waals surface area (Å²) < 4.78 is 0. The lowest BCUT2D eigenvalue weighted by atomic mass is 10.0. The van der Waals surface area contributed by atoms with Gasteiger partial charge in [0.05, 0.1) is 0 Å². The first-order valence-electron chi connectivity index (χ1n) is 4.75. The van der Waals surface area contributed by atoms with E-state index in [2.05, 4.69) is 32.9 Å². The third-order valence-corrected chi connectivity index (χ3v) is 2.06. The van der Waals surface area contributed by atoms with Gasteiger partial charge in [0.2, 0.25) is 0 Å². The molecule has 70 valence electrons. The lowest BCUT2D eigenvalue weighted by Crippen LogP contribution is -1.90. The van der Waals surface area contributed by atoms with E-state index in [9.17, 15) is 0 Å². The van der Waals surface area contributed by atoms with Crippen molar-refractivity contribution in [2.75, 3.05) is 0 Å². The van der Waals surface area contributed by atoms with Crippen molar-refractivity contribution in [3.8, 4) is 0 Å². The van der Waals surface area contributed by atoms with Gasteiger partial charge in [-0.25, -0.2) is 0 Å². The van der Waals surface area contributed by atoms with Gasteiger partial charge in [-0.05, 0) is 24.5 Å². The summed E-state index contributed by atoms with van der Waals surface area (Å²) in [6, 6.07) is 0. The Balaban J connectivity index is 3.59. The van der Waals surface area contributed by atoms with E-state index in [4.69, 9.17) is 5.73 Å². The number of hydrogen-bond acceptors (Lipinski definition) is 1. The normalized spacial score (nSPS) is 17.2. The van der Waals surface area contributed by atoms with Crippen molar-refractivity contribution in [3.63, 3.8) is 0 Å². The maximum Gasteiger partial charge on any atom is -0.0100 e. The van der Waals surface area contributed by atoms with Gasteiger partial charge in [0.15, 0.2) is 0 Å². The number of nitrogens with two attached hydrogens (primary N) is 1. The molecule has 0 saturated carbocycles. The summed E-state index contributed by atoms with van der Waals surface area (Å²) in [4.78, 5) is 0. The molecule has 0 fully saturated rings. The zero-order valence-electron chi connectivity index (χ0n) is 8.46. The molecule has 0 aromatic rings. The molecule has 0 aliphatic heterocycles. The quantitative estimate of drug-likeness (QED) is 0.626. The van der Waals surface area contributed by atoms with Crippen LogP contribution in [0, 0.1) is 11.8 Å². The van der Waals surface area contributed by atoms with Crippen LogP contribution in [0.25, 0.3) is 0 Å². The molecule has 0 rings (SSSR count). The summed E-state index contributed by atoms with van der Waals surface area (Å²) >= 11 is 0. The summed E-state index contributed by atoms with van der Waals surface area (Å²) in [5.74, 6) is 1.27. The van der Waals surface area contributed by atoms with Crippen LogP contribution in [0.15, 0.2) is 24.4 Å². The fourth-order valence-corrected chi connectivity index (χ4v) is 0.930. The molecule has 0 aromatic heterocycles. The fourth-order valence-electron chi connectivity index (χ4n) is 0.930. The lowest BCUT2D eigenvalue weighted by Gasteiger charge is -2.02. The van der Waals surface area contributed by atoms with E-state index >= 15 is 0 Å². The molecule has 1 heteroatoms. The van der Waals surface area contributed by atoms with Gasteiger partial charge < -0.3 is 5.73 Å². The maximum atomic E-state index is 5.28. The molecule has 0 amide bonds. The van der Waals surface area contributed by atoms with Gasteiger partial charge in [0.25, 0.3) is 0 Å². The standard InChI is InChI=1S/C11H21N/c1-4-10(2)6-5-7-11(3)8-9-12/h5-6,8-11H,4,7,12H2,1-3H3/b6-5+,9-8-. The molecule has 0 aliphatic carbocycles. The predicted molar refractivity (Wildman–Crippen MR) is 55.7 cm³/mol. The fraction of sp³-hybridized carbons (Fsp3) is 0.636. The van der Waals surface area contributed by atoms with Crippen LogP contribution in [0.2, 0.25) is 0 Å². The first kappa shape index (κ1) is 11.3. The zero-order chi connectivity index (χ0) is 9.40. The molecule has 2 N–H and O–H groups in total. The van der Waals surface area contributed by atoms with Crippen molar-refractivity contribution in [1.29, 1.82) is 0 Å². The highest BCUT2D eigenvalue weighted by atomic mass is 14.5. The molecule has 2 atom stereocenters. The van der Waals surface area contributed by atoms with Crippen molar-refractivity contribution in [3.05, 3.63) is 24.4 Å². The minimum Gasteiger partial charge on any atom is -0.405 e. The number of hydrogen-bond donors (Lipinski definition) is 1.